The van der Waals surface area contributed by atoms with Gasteiger partial charge in [0.1, 0.15) is 10.7 Å². The predicted molar refractivity (Wildman–Crippen MR) is 108 cm³/mol. The SMILES string of the molecule is CC(C)CNC(=O)c1ccccc1NC(=O)c1sc2cc(F)ccc2c1Cl. The monoisotopic (exact) mass is 404 g/mol. The van der Waals surface area contributed by atoms with Crippen LogP contribution in [0.4, 0.5) is 10.1 Å². The van der Waals surface area contributed by atoms with E-state index >= 15 is 0 Å². The predicted octanol–water partition coefficient (Wildman–Crippen LogP) is 5.33. The fourth-order valence-electron chi connectivity index (χ4n) is 2.55. The summed E-state index contributed by atoms with van der Waals surface area (Å²) in [6.45, 7) is 4.54. The van der Waals surface area contributed by atoms with Crippen LogP contribution in [-0.4, -0.2) is 18.4 Å². The zero-order valence-electron chi connectivity index (χ0n) is 14.8. The van der Waals surface area contributed by atoms with Crippen molar-refractivity contribution < 1.29 is 14.0 Å². The number of hydrogen-bond acceptors (Lipinski definition) is 3. The highest BCUT2D eigenvalue weighted by Crippen LogP contribution is 2.36. The number of para-hydroxylation sites is 1. The van der Waals surface area contributed by atoms with Crippen LogP contribution in [0.2, 0.25) is 5.02 Å². The number of hydrogen-bond donors (Lipinski definition) is 2. The number of amides is 2. The first-order valence-electron chi connectivity index (χ1n) is 8.43. The van der Waals surface area contributed by atoms with E-state index in [-0.39, 0.29) is 21.6 Å². The van der Waals surface area contributed by atoms with Crippen LogP contribution in [0.25, 0.3) is 10.1 Å². The third-order valence-corrected chi connectivity index (χ3v) is 5.54. The zero-order chi connectivity index (χ0) is 19.6. The Labute approximate surface area is 165 Å². The van der Waals surface area contributed by atoms with Crippen LogP contribution in [-0.2, 0) is 0 Å². The minimum atomic E-state index is -0.439. The maximum atomic E-state index is 13.4. The van der Waals surface area contributed by atoms with Gasteiger partial charge in [-0.3, -0.25) is 9.59 Å². The van der Waals surface area contributed by atoms with E-state index in [1.54, 1.807) is 30.3 Å². The molecule has 4 nitrogen and oxygen atoms in total. The lowest BCUT2D eigenvalue weighted by Crippen LogP contribution is -2.28. The summed E-state index contributed by atoms with van der Waals surface area (Å²) in [5.41, 5.74) is 0.762. The van der Waals surface area contributed by atoms with Gasteiger partial charge in [-0.15, -0.1) is 11.3 Å². The summed E-state index contributed by atoms with van der Waals surface area (Å²) >= 11 is 7.41. The van der Waals surface area contributed by atoms with E-state index in [4.69, 9.17) is 11.6 Å². The number of thiophene rings is 1. The number of carbonyl (C=O) groups is 2. The van der Waals surface area contributed by atoms with Gasteiger partial charge in [-0.2, -0.15) is 0 Å². The van der Waals surface area contributed by atoms with Crippen molar-refractivity contribution in [2.75, 3.05) is 11.9 Å². The molecule has 0 radical (unpaired) electrons. The molecule has 0 unspecified atom stereocenters. The molecule has 27 heavy (non-hydrogen) atoms. The number of rotatable bonds is 5. The van der Waals surface area contributed by atoms with Crippen molar-refractivity contribution in [3.8, 4) is 0 Å². The molecule has 0 saturated carbocycles. The lowest BCUT2D eigenvalue weighted by atomic mass is 10.1. The van der Waals surface area contributed by atoms with Gasteiger partial charge in [-0.1, -0.05) is 37.6 Å². The molecular weight excluding hydrogens is 387 g/mol. The Bertz CT molecular complexity index is 1020. The zero-order valence-corrected chi connectivity index (χ0v) is 16.4. The summed E-state index contributed by atoms with van der Waals surface area (Å²) in [5, 5.41) is 6.47. The van der Waals surface area contributed by atoms with E-state index in [2.05, 4.69) is 10.6 Å². The van der Waals surface area contributed by atoms with Crippen LogP contribution in [0, 0.1) is 11.7 Å². The van der Waals surface area contributed by atoms with Crippen molar-refractivity contribution in [1.82, 2.24) is 5.32 Å². The Kier molecular flexibility index (Phi) is 5.77. The summed E-state index contributed by atoms with van der Waals surface area (Å²) in [5.74, 6) is -0.775. The highest BCUT2D eigenvalue weighted by molar-refractivity contribution is 7.21. The second-order valence-corrected chi connectivity index (χ2v) is 7.92. The number of nitrogens with one attached hydrogen (secondary N) is 2. The molecule has 2 N–H and O–H groups in total. The Morgan fingerprint density at radius 3 is 2.63 bits per heavy atom. The van der Waals surface area contributed by atoms with Gasteiger partial charge in [0.25, 0.3) is 11.8 Å². The molecule has 0 saturated heterocycles. The lowest BCUT2D eigenvalue weighted by Gasteiger charge is -2.12. The molecule has 1 heterocycles. The molecule has 1 aromatic heterocycles. The van der Waals surface area contributed by atoms with Crippen molar-refractivity contribution >= 4 is 50.5 Å². The fraction of sp³-hybridized carbons (Fsp3) is 0.200. The van der Waals surface area contributed by atoms with Crippen LogP contribution in [0.15, 0.2) is 42.5 Å². The first kappa shape index (κ1) is 19.3. The Hall–Kier alpha value is -2.44. The number of benzene rings is 2. The highest BCUT2D eigenvalue weighted by Gasteiger charge is 2.20. The van der Waals surface area contributed by atoms with Gasteiger partial charge in [0.05, 0.1) is 16.3 Å². The van der Waals surface area contributed by atoms with Gasteiger partial charge >= 0.3 is 0 Å². The fourth-order valence-corrected chi connectivity index (χ4v) is 3.98. The molecule has 0 spiro atoms. The van der Waals surface area contributed by atoms with Crippen LogP contribution >= 0.6 is 22.9 Å². The van der Waals surface area contributed by atoms with Crippen molar-refractivity contribution in [3.63, 3.8) is 0 Å². The molecule has 0 aliphatic heterocycles. The third kappa shape index (κ3) is 4.28. The van der Waals surface area contributed by atoms with Gasteiger partial charge in [-0.25, -0.2) is 4.39 Å². The standard InChI is InChI=1S/C20H18ClFN2O2S/c1-11(2)10-23-19(25)13-5-3-4-6-15(13)24-20(26)18-17(21)14-8-7-12(22)9-16(14)27-18/h3-9,11H,10H2,1-2H3,(H,23,25)(H,24,26). The molecule has 0 bridgehead atoms. The molecule has 140 valence electrons. The molecule has 0 atom stereocenters. The first-order chi connectivity index (χ1) is 12.9. The van der Waals surface area contributed by atoms with E-state index in [1.807, 2.05) is 13.8 Å². The van der Waals surface area contributed by atoms with E-state index < -0.39 is 5.91 Å². The molecule has 0 aliphatic carbocycles. The van der Waals surface area contributed by atoms with Crippen molar-refractivity contribution in [3.05, 3.63) is 63.7 Å². The van der Waals surface area contributed by atoms with Crippen molar-refractivity contribution in [2.45, 2.75) is 13.8 Å². The van der Waals surface area contributed by atoms with E-state index in [9.17, 15) is 14.0 Å². The Morgan fingerprint density at radius 1 is 1.15 bits per heavy atom. The minimum absolute atomic E-state index is 0.260. The normalized spacial score (nSPS) is 11.0. The van der Waals surface area contributed by atoms with Crippen LogP contribution in [0.3, 0.4) is 0 Å². The Balaban J connectivity index is 1.87. The number of carbonyl (C=O) groups excluding carboxylic acids is 2. The van der Waals surface area contributed by atoms with E-state index in [0.29, 0.717) is 33.8 Å². The second-order valence-electron chi connectivity index (χ2n) is 6.49. The maximum Gasteiger partial charge on any atom is 0.267 e. The van der Waals surface area contributed by atoms with Crippen molar-refractivity contribution in [2.24, 2.45) is 5.92 Å². The smallest absolute Gasteiger partial charge is 0.267 e. The van der Waals surface area contributed by atoms with E-state index in [1.165, 1.54) is 12.1 Å². The molecule has 0 fully saturated rings. The number of anilines is 1. The molecule has 2 aromatic carbocycles. The summed E-state index contributed by atoms with van der Waals surface area (Å²) in [4.78, 5) is 25.4. The van der Waals surface area contributed by atoms with Crippen LogP contribution in [0.1, 0.15) is 33.9 Å². The van der Waals surface area contributed by atoms with Gasteiger partial charge in [0, 0.05) is 16.6 Å². The van der Waals surface area contributed by atoms with Crippen LogP contribution < -0.4 is 10.6 Å². The molecular formula is C20H18ClFN2O2S. The second kappa shape index (κ2) is 8.06. The molecule has 2 amide bonds. The Morgan fingerprint density at radius 2 is 1.89 bits per heavy atom. The maximum absolute atomic E-state index is 13.4. The summed E-state index contributed by atoms with van der Waals surface area (Å²) in [6, 6.07) is 11.0. The van der Waals surface area contributed by atoms with E-state index in [0.717, 1.165) is 11.3 Å². The lowest BCUT2D eigenvalue weighted by molar-refractivity contribution is 0.0950. The first-order valence-corrected chi connectivity index (χ1v) is 9.62. The van der Waals surface area contributed by atoms with Gasteiger partial charge in [-0.05, 0) is 36.2 Å². The van der Waals surface area contributed by atoms with Gasteiger partial charge in [0.2, 0.25) is 0 Å². The van der Waals surface area contributed by atoms with Gasteiger partial charge in [0.15, 0.2) is 0 Å². The molecule has 7 heteroatoms. The molecule has 3 aromatic rings. The van der Waals surface area contributed by atoms with Gasteiger partial charge < -0.3 is 10.6 Å². The molecule has 3 rings (SSSR count). The third-order valence-electron chi connectivity index (χ3n) is 3.89. The summed E-state index contributed by atoms with van der Waals surface area (Å²) < 4.78 is 14.0. The molecule has 0 aliphatic rings. The topological polar surface area (TPSA) is 58.2 Å². The van der Waals surface area contributed by atoms with Crippen LogP contribution in [0.5, 0.6) is 0 Å². The largest absolute Gasteiger partial charge is 0.352 e. The number of fused-ring (bicyclic) bond motifs is 1. The summed E-state index contributed by atoms with van der Waals surface area (Å²) in [6.07, 6.45) is 0. The average molecular weight is 405 g/mol. The highest BCUT2D eigenvalue weighted by atomic mass is 35.5. The van der Waals surface area contributed by atoms with Crippen molar-refractivity contribution in [1.29, 1.82) is 0 Å². The summed E-state index contributed by atoms with van der Waals surface area (Å²) in [7, 11) is 0. The average Bonchev–Trinajstić information content (AvgIpc) is 2.96. The minimum Gasteiger partial charge on any atom is -0.352 e. The quantitative estimate of drug-likeness (QED) is 0.603. The number of halogens is 2.